The van der Waals surface area contributed by atoms with E-state index in [9.17, 15) is 18.0 Å². The van der Waals surface area contributed by atoms with Crippen molar-refractivity contribution in [3.8, 4) is 0 Å². The number of carbonyl (C=O) groups is 2. The summed E-state index contributed by atoms with van der Waals surface area (Å²) in [5.74, 6) is -0.819. The number of nitrogens with one attached hydrogen (secondary N) is 1. The molecule has 0 fully saturated rings. The van der Waals surface area contributed by atoms with Crippen LogP contribution in [0.25, 0.3) is 0 Å². The van der Waals surface area contributed by atoms with E-state index < -0.39 is 28.5 Å². The zero-order chi connectivity index (χ0) is 25.6. The van der Waals surface area contributed by atoms with Crippen LogP contribution in [0.3, 0.4) is 0 Å². The van der Waals surface area contributed by atoms with Gasteiger partial charge in [-0.15, -0.1) is 0 Å². The van der Waals surface area contributed by atoms with E-state index in [1.807, 2.05) is 52.0 Å². The molecule has 0 spiro atoms. The van der Waals surface area contributed by atoms with Crippen molar-refractivity contribution < 1.29 is 18.0 Å². The molecular formula is C24H31Cl2N3O4S. The maximum absolute atomic E-state index is 13.6. The van der Waals surface area contributed by atoms with Gasteiger partial charge in [-0.05, 0) is 56.5 Å². The topological polar surface area (TPSA) is 86.8 Å². The molecule has 7 nitrogen and oxygen atoms in total. The van der Waals surface area contributed by atoms with Crippen LogP contribution in [-0.4, -0.2) is 50.0 Å². The number of halogens is 2. The summed E-state index contributed by atoms with van der Waals surface area (Å²) in [6, 6.07) is 11.0. The highest BCUT2D eigenvalue weighted by molar-refractivity contribution is 7.92. The van der Waals surface area contributed by atoms with Crippen molar-refractivity contribution >= 4 is 50.7 Å². The fourth-order valence-corrected chi connectivity index (χ4v) is 4.97. The van der Waals surface area contributed by atoms with Gasteiger partial charge in [-0.2, -0.15) is 0 Å². The van der Waals surface area contributed by atoms with Gasteiger partial charge in [-0.1, -0.05) is 54.4 Å². The van der Waals surface area contributed by atoms with E-state index in [0.29, 0.717) is 11.4 Å². The van der Waals surface area contributed by atoms with Gasteiger partial charge in [0.1, 0.15) is 12.6 Å². The summed E-state index contributed by atoms with van der Waals surface area (Å²) in [6.07, 6.45) is 1.36. The molecule has 0 saturated carbocycles. The van der Waals surface area contributed by atoms with E-state index >= 15 is 0 Å². The van der Waals surface area contributed by atoms with Crippen molar-refractivity contribution in [3.63, 3.8) is 0 Å². The first kappa shape index (κ1) is 28.0. The monoisotopic (exact) mass is 527 g/mol. The molecule has 2 aromatic rings. The Morgan fingerprint density at radius 3 is 2.26 bits per heavy atom. The molecule has 2 aromatic carbocycles. The van der Waals surface area contributed by atoms with Crippen molar-refractivity contribution in [2.45, 2.75) is 52.7 Å². The number of rotatable bonds is 10. The van der Waals surface area contributed by atoms with Gasteiger partial charge in [0.05, 0.1) is 17.0 Å². The number of aryl methyl sites for hydroxylation is 1. The third kappa shape index (κ3) is 7.35. The lowest BCUT2D eigenvalue weighted by Crippen LogP contribution is -2.53. The average Bonchev–Trinajstić information content (AvgIpc) is 2.72. The average molecular weight is 529 g/mol. The highest BCUT2D eigenvalue weighted by atomic mass is 35.5. The summed E-state index contributed by atoms with van der Waals surface area (Å²) >= 11 is 12.2. The second-order valence-electron chi connectivity index (χ2n) is 8.40. The second kappa shape index (κ2) is 11.9. The molecule has 0 heterocycles. The minimum atomic E-state index is -3.88. The van der Waals surface area contributed by atoms with Gasteiger partial charge in [0.15, 0.2) is 0 Å². The highest BCUT2D eigenvalue weighted by Gasteiger charge is 2.32. The number of carbonyl (C=O) groups excluding carboxylic acids is 2. The minimum Gasteiger partial charge on any atom is -0.352 e. The number of hydrogen-bond donors (Lipinski definition) is 1. The standard InChI is InChI=1S/C24H31Cl2N3O4S/c1-6-21(24(31)27-16(2)3)28(14-18-10-8-7-9-17(18)4)23(30)15-29(34(5,32)33)22-12-11-19(25)13-20(22)26/h7-13,16,21H,6,14-15H2,1-5H3,(H,27,31)/t21-/m0/s1. The molecule has 0 bridgehead atoms. The molecule has 2 amide bonds. The molecule has 186 valence electrons. The highest BCUT2D eigenvalue weighted by Crippen LogP contribution is 2.30. The molecule has 0 aliphatic carbocycles. The molecule has 0 saturated heterocycles. The Kier molecular flexibility index (Phi) is 9.79. The van der Waals surface area contributed by atoms with Crippen LogP contribution >= 0.6 is 23.2 Å². The molecule has 0 unspecified atom stereocenters. The lowest BCUT2D eigenvalue weighted by atomic mass is 10.1. The predicted octanol–water partition coefficient (Wildman–Crippen LogP) is 4.40. The largest absolute Gasteiger partial charge is 0.352 e. The summed E-state index contributed by atoms with van der Waals surface area (Å²) in [6.45, 7) is 7.05. The van der Waals surface area contributed by atoms with Crippen molar-refractivity contribution in [2.24, 2.45) is 0 Å². The number of anilines is 1. The number of hydrogen-bond acceptors (Lipinski definition) is 4. The number of nitrogens with zero attached hydrogens (tertiary/aromatic N) is 2. The number of sulfonamides is 1. The summed E-state index contributed by atoms with van der Waals surface area (Å²) in [5.41, 5.74) is 1.96. The molecule has 2 rings (SSSR count). The van der Waals surface area contributed by atoms with Crippen LogP contribution in [0.15, 0.2) is 42.5 Å². The Balaban J connectivity index is 2.49. The summed E-state index contributed by atoms with van der Waals surface area (Å²) in [7, 11) is -3.88. The zero-order valence-electron chi connectivity index (χ0n) is 20.0. The first-order valence-corrected chi connectivity index (χ1v) is 13.5. The SMILES string of the molecule is CC[C@@H](C(=O)NC(C)C)N(Cc1ccccc1C)C(=O)CN(c1ccc(Cl)cc1Cl)S(C)(=O)=O. The minimum absolute atomic E-state index is 0.0979. The van der Waals surface area contributed by atoms with Crippen LogP contribution in [0.5, 0.6) is 0 Å². The van der Waals surface area contributed by atoms with E-state index in [2.05, 4.69) is 5.32 Å². The van der Waals surface area contributed by atoms with E-state index in [1.54, 1.807) is 0 Å². The van der Waals surface area contributed by atoms with Crippen LogP contribution < -0.4 is 9.62 Å². The Labute approximate surface area is 212 Å². The molecule has 1 atom stereocenters. The van der Waals surface area contributed by atoms with Gasteiger partial charge < -0.3 is 10.2 Å². The molecule has 0 aromatic heterocycles. The number of amides is 2. The van der Waals surface area contributed by atoms with Crippen molar-refractivity contribution in [2.75, 3.05) is 17.1 Å². The Morgan fingerprint density at radius 1 is 1.09 bits per heavy atom. The predicted molar refractivity (Wildman–Crippen MR) is 138 cm³/mol. The van der Waals surface area contributed by atoms with Gasteiger partial charge >= 0.3 is 0 Å². The molecule has 10 heteroatoms. The maximum atomic E-state index is 13.6. The van der Waals surface area contributed by atoms with Crippen LogP contribution in [-0.2, 0) is 26.2 Å². The molecule has 0 aliphatic rings. The van der Waals surface area contributed by atoms with Gasteiger partial charge in [0, 0.05) is 17.6 Å². The quantitative estimate of drug-likeness (QED) is 0.495. The van der Waals surface area contributed by atoms with Crippen molar-refractivity contribution in [3.05, 3.63) is 63.6 Å². The van der Waals surface area contributed by atoms with Gasteiger partial charge in [0.2, 0.25) is 21.8 Å². The summed E-state index contributed by atoms with van der Waals surface area (Å²) < 4.78 is 26.2. The van der Waals surface area contributed by atoms with Crippen LogP contribution in [0.1, 0.15) is 38.3 Å². The van der Waals surface area contributed by atoms with Crippen molar-refractivity contribution in [1.29, 1.82) is 0 Å². The zero-order valence-corrected chi connectivity index (χ0v) is 22.3. The van der Waals surface area contributed by atoms with E-state index in [1.165, 1.54) is 23.1 Å². The van der Waals surface area contributed by atoms with Crippen LogP contribution in [0.2, 0.25) is 10.0 Å². The molecular weight excluding hydrogens is 497 g/mol. The second-order valence-corrected chi connectivity index (χ2v) is 11.2. The first-order valence-electron chi connectivity index (χ1n) is 10.9. The van der Waals surface area contributed by atoms with E-state index in [4.69, 9.17) is 23.2 Å². The molecule has 34 heavy (non-hydrogen) atoms. The lowest BCUT2D eigenvalue weighted by Gasteiger charge is -2.33. The van der Waals surface area contributed by atoms with Crippen molar-refractivity contribution in [1.82, 2.24) is 10.2 Å². The normalized spacial score (nSPS) is 12.4. The van der Waals surface area contributed by atoms with Crippen LogP contribution in [0, 0.1) is 6.92 Å². The third-order valence-corrected chi connectivity index (χ3v) is 6.94. The van der Waals surface area contributed by atoms with Gasteiger partial charge in [-0.3, -0.25) is 13.9 Å². The molecule has 0 radical (unpaired) electrons. The summed E-state index contributed by atoms with van der Waals surface area (Å²) in [4.78, 5) is 28.0. The third-order valence-electron chi connectivity index (χ3n) is 5.28. The van der Waals surface area contributed by atoms with Gasteiger partial charge in [-0.25, -0.2) is 8.42 Å². The van der Waals surface area contributed by atoms with Gasteiger partial charge in [0.25, 0.3) is 0 Å². The fraction of sp³-hybridized carbons (Fsp3) is 0.417. The van der Waals surface area contributed by atoms with Crippen LogP contribution in [0.4, 0.5) is 5.69 Å². The van der Waals surface area contributed by atoms with E-state index in [-0.39, 0.29) is 29.2 Å². The first-order chi connectivity index (χ1) is 15.8. The smallest absolute Gasteiger partial charge is 0.244 e. The Hall–Kier alpha value is -2.29. The number of benzene rings is 2. The lowest BCUT2D eigenvalue weighted by molar-refractivity contribution is -0.140. The van der Waals surface area contributed by atoms with E-state index in [0.717, 1.165) is 21.7 Å². The Morgan fingerprint density at radius 2 is 1.74 bits per heavy atom. The summed E-state index contributed by atoms with van der Waals surface area (Å²) in [5, 5.41) is 3.30. The molecule has 1 N–H and O–H groups in total. The fourth-order valence-electron chi connectivity index (χ4n) is 3.55. The maximum Gasteiger partial charge on any atom is 0.244 e. The molecule has 0 aliphatic heterocycles. The Bertz CT molecular complexity index is 1140.